The molecule has 3 atom stereocenters. The molecule has 0 heterocycles. The number of rotatable bonds is 9. The van der Waals surface area contributed by atoms with Gasteiger partial charge in [0.2, 0.25) is 0 Å². The van der Waals surface area contributed by atoms with E-state index in [9.17, 15) is 0 Å². The predicted octanol–water partition coefficient (Wildman–Crippen LogP) is 5.11. The van der Waals surface area contributed by atoms with Crippen LogP contribution in [0, 0.1) is 16.7 Å². The Hall–Kier alpha value is -0.600. The molecule has 132 valence electrons. The van der Waals surface area contributed by atoms with Crippen molar-refractivity contribution in [2.45, 2.75) is 72.8 Å². The number of fused-ring (bicyclic) bond motifs is 2. The zero-order valence-corrected chi connectivity index (χ0v) is 16.0. The van der Waals surface area contributed by atoms with Crippen LogP contribution in [-0.2, 0) is 4.74 Å². The molecule has 2 saturated carbocycles. The fourth-order valence-electron chi connectivity index (χ4n) is 4.51. The van der Waals surface area contributed by atoms with Crippen molar-refractivity contribution in [1.82, 2.24) is 5.32 Å². The normalized spacial score (nSPS) is 31.9. The molecule has 0 spiro atoms. The molecule has 2 rings (SSSR count). The SMILES string of the molecule is CC(C)=CCC/C=C/CNCCOC1CC2CCC1(C)C2(C)C. The maximum atomic E-state index is 6.25. The molecule has 23 heavy (non-hydrogen) atoms. The van der Waals surface area contributed by atoms with Gasteiger partial charge in [-0.1, -0.05) is 44.6 Å². The van der Waals surface area contributed by atoms with Crippen LogP contribution in [0.25, 0.3) is 0 Å². The van der Waals surface area contributed by atoms with Crippen molar-refractivity contribution in [3.63, 3.8) is 0 Å². The van der Waals surface area contributed by atoms with Gasteiger partial charge in [-0.25, -0.2) is 0 Å². The Morgan fingerprint density at radius 1 is 1.17 bits per heavy atom. The first-order valence-corrected chi connectivity index (χ1v) is 9.48. The van der Waals surface area contributed by atoms with Crippen molar-refractivity contribution in [3.05, 3.63) is 23.8 Å². The molecule has 0 radical (unpaired) electrons. The minimum absolute atomic E-state index is 0.391. The van der Waals surface area contributed by atoms with Crippen LogP contribution in [0.5, 0.6) is 0 Å². The van der Waals surface area contributed by atoms with Gasteiger partial charge < -0.3 is 10.1 Å². The smallest absolute Gasteiger partial charge is 0.0637 e. The summed E-state index contributed by atoms with van der Waals surface area (Å²) in [6.45, 7) is 14.4. The van der Waals surface area contributed by atoms with E-state index in [2.05, 4.69) is 58.2 Å². The third kappa shape index (κ3) is 4.28. The second kappa shape index (κ2) is 7.98. The molecule has 0 aromatic carbocycles. The summed E-state index contributed by atoms with van der Waals surface area (Å²) in [6.07, 6.45) is 13.6. The average molecular weight is 320 g/mol. The Morgan fingerprint density at radius 3 is 2.57 bits per heavy atom. The van der Waals surface area contributed by atoms with Gasteiger partial charge in [0.25, 0.3) is 0 Å². The lowest BCUT2D eigenvalue weighted by molar-refractivity contribution is -0.0448. The largest absolute Gasteiger partial charge is 0.376 e. The van der Waals surface area contributed by atoms with Gasteiger partial charge in [0, 0.05) is 13.1 Å². The van der Waals surface area contributed by atoms with Crippen molar-refractivity contribution >= 4 is 0 Å². The average Bonchev–Trinajstić information content (AvgIpc) is 2.82. The first kappa shape index (κ1) is 18.7. The quantitative estimate of drug-likeness (QED) is 0.471. The Bertz CT molecular complexity index is 433. The molecule has 0 amide bonds. The van der Waals surface area contributed by atoms with Gasteiger partial charge in [-0.2, -0.15) is 0 Å². The van der Waals surface area contributed by atoms with E-state index in [1.54, 1.807) is 0 Å². The third-order valence-corrected chi connectivity index (χ3v) is 6.63. The Kier molecular flexibility index (Phi) is 6.50. The molecule has 0 aromatic rings. The summed E-state index contributed by atoms with van der Waals surface area (Å²) in [7, 11) is 0. The highest BCUT2D eigenvalue weighted by molar-refractivity contribution is 5.11. The van der Waals surface area contributed by atoms with Gasteiger partial charge in [0.1, 0.15) is 0 Å². The van der Waals surface area contributed by atoms with Crippen molar-refractivity contribution < 1.29 is 4.74 Å². The summed E-state index contributed by atoms with van der Waals surface area (Å²) >= 11 is 0. The van der Waals surface area contributed by atoms with Crippen LogP contribution in [0.3, 0.4) is 0 Å². The summed E-state index contributed by atoms with van der Waals surface area (Å²) in [5, 5.41) is 3.46. The molecular formula is C21H37NO. The molecule has 3 unspecified atom stereocenters. The number of ether oxygens (including phenoxy) is 1. The molecule has 1 N–H and O–H groups in total. The van der Waals surface area contributed by atoms with Crippen LogP contribution in [0.4, 0.5) is 0 Å². The maximum Gasteiger partial charge on any atom is 0.0637 e. The first-order valence-electron chi connectivity index (χ1n) is 9.48. The second-order valence-corrected chi connectivity index (χ2v) is 8.50. The molecule has 2 aliphatic rings. The topological polar surface area (TPSA) is 21.3 Å². The van der Waals surface area contributed by atoms with Crippen LogP contribution in [0.15, 0.2) is 23.8 Å². The van der Waals surface area contributed by atoms with E-state index in [1.807, 2.05) is 0 Å². The van der Waals surface area contributed by atoms with Crippen LogP contribution in [0.1, 0.15) is 66.7 Å². The van der Waals surface area contributed by atoms with Gasteiger partial charge >= 0.3 is 0 Å². The minimum Gasteiger partial charge on any atom is -0.376 e. The first-order chi connectivity index (χ1) is 10.9. The van der Waals surface area contributed by atoms with Crippen LogP contribution in [-0.4, -0.2) is 25.8 Å². The fraction of sp³-hybridized carbons (Fsp3) is 0.810. The lowest BCUT2D eigenvalue weighted by Gasteiger charge is -2.38. The predicted molar refractivity (Wildman–Crippen MR) is 99.6 cm³/mol. The van der Waals surface area contributed by atoms with Gasteiger partial charge in [-0.05, 0) is 62.7 Å². The molecule has 0 aliphatic heterocycles. The molecule has 0 aromatic heterocycles. The highest BCUT2D eigenvalue weighted by atomic mass is 16.5. The Morgan fingerprint density at radius 2 is 1.96 bits per heavy atom. The molecule has 2 heteroatoms. The molecular weight excluding hydrogens is 282 g/mol. The highest BCUT2D eigenvalue weighted by Crippen LogP contribution is 2.66. The third-order valence-electron chi connectivity index (χ3n) is 6.63. The van der Waals surface area contributed by atoms with E-state index in [0.717, 1.165) is 38.5 Å². The molecule has 2 aliphatic carbocycles. The van der Waals surface area contributed by atoms with E-state index in [4.69, 9.17) is 4.74 Å². The fourth-order valence-corrected chi connectivity index (χ4v) is 4.51. The van der Waals surface area contributed by atoms with Crippen molar-refractivity contribution in [2.75, 3.05) is 19.7 Å². The summed E-state index contributed by atoms with van der Waals surface area (Å²) in [6, 6.07) is 0. The lowest BCUT2D eigenvalue weighted by Crippen LogP contribution is -2.38. The molecule has 2 nitrogen and oxygen atoms in total. The monoisotopic (exact) mass is 319 g/mol. The van der Waals surface area contributed by atoms with E-state index in [0.29, 0.717) is 16.9 Å². The number of hydrogen-bond donors (Lipinski definition) is 1. The van der Waals surface area contributed by atoms with Crippen LogP contribution < -0.4 is 5.32 Å². The van der Waals surface area contributed by atoms with Crippen molar-refractivity contribution in [3.8, 4) is 0 Å². The van der Waals surface area contributed by atoms with Gasteiger partial charge in [-0.15, -0.1) is 0 Å². The van der Waals surface area contributed by atoms with Gasteiger partial charge in [-0.3, -0.25) is 0 Å². The van der Waals surface area contributed by atoms with Crippen molar-refractivity contribution in [1.29, 1.82) is 0 Å². The summed E-state index contributed by atoms with van der Waals surface area (Å²) in [5.74, 6) is 0.870. The highest BCUT2D eigenvalue weighted by Gasteiger charge is 2.61. The summed E-state index contributed by atoms with van der Waals surface area (Å²) in [4.78, 5) is 0. The lowest BCUT2D eigenvalue weighted by atomic mass is 9.70. The molecule has 2 fully saturated rings. The van der Waals surface area contributed by atoms with Gasteiger partial charge in [0.15, 0.2) is 0 Å². The van der Waals surface area contributed by atoms with E-state index < -0.39 is 0 Å². The maximum absolute atomic E-state index is 6.25. The zero-order valence-electron chi connectivity index (χ0n) is 16.0. The zero-order chi connectivity index (χ0) is 16.9. The van der Waals surface area contributed by atoms with Crippen molar-refractivity contribution in [2.24, 2.45) is 16.7 Å². The summed E-state index contributed by atoms with van der Waals surface area (Å²) in [5.41, 5.74) is 2.26. The van der Waals surface area contributed by atoms with Gasteiger partial charge in [0.05, 0.1) is 12.7 Å². The number of hydrogen-bond acceptors (Lipinski definition) is 2. The van der Waals surface area contributed by atoms with E-state index >= 15 is 0 Å². The van der Waals surface area contributed by atoms with Crippen LogP contribution in [0.2, 0.25) is 0 Å². The summed E-state index contributed by atoms with van der Waals surface area (Å²) < 4.78 is 6.25. The Balaban J connectivity index is 1.55. The Labute approximate surface area is 143 Å². The number of allylic oxidation sites excluding steroid dienone is 3. The minimum atomic E-state index is 0.391. The number of unbranched alkanes of at least 4 members (excludes halogenated alkanes) is 1. The van der Waals surface area contributed by atoms with E-state index in [1.165, 1.54) is 24.8 Å². The van der Waals surface area contributed by atoms with Crippen LogP contribution >= 0.6 is 0 Å². The standard InChI is InChI=1S/C21H37NO/c1-17(2)10-8-6-7-9-13-22-14-15-23-19-16-18-11-12-21(19,5)20(18,3)4/h7,9-10,18-19,22H,6,8,11-16H2,1-5H3/b9-7+. The molecule has 2 bridgehead atoms. The van der Waals surface area contributed by atoms with E-state index in [-0.39, 0.29) is 0 Å². The number of nitrogens with one attached hydrogen (secondary N) is 1. The second-order valence-electron chi connectivity index (χ2n) is 8.50. The molecule has 0 saturated heterocycles.